The summed E-state index contributed by atoms with van der Waals surface area (Å²) in [5.74, 6) is 0. The zero-order valence-corrected chi connectivity index (χ0v) is 30.9. The number of anilines is 3. The maximum atomic E-state index is 7.32. The summed E-state index contributed by atoms with van der Waals surface area (Å²) in [5.41, 5.74) is 19.1. The van der Waals surface area contributed by atoms with Crippen LogP contribution in [-0.2, 0) is 6.42 Å². The molecule has 2 nitrogen and oxygen atoms in total. The lowest BCUT2D eigenvalue weighted by atomic mass is 9.89. The smallest absolute Gasteiger partial charge is 0.0587 e. The van der Waals surface area contributed by atoms with Crippen molar-refractivity contribution in [3.63, 3.8) is 0 Å². The molecule has 4 rings (SSSR count). The van der Waals surface area contributed by atoms with Gasteiger partial charge in [-0.1, -0.05) is 83.1 Å². The van der Waals surface area contributed by atoms with Crippen molar-refractivity contribution >= 4 is 17.1 Å². The number of hydrogen-bond donors (Lipinski definition) is 0. The topological polar surface area (TPSA) is 27.0 Å². The summed E-state index contributed by atoms with van der Waals surface area (Å²) in [4.78, 5) is 2.51. The van der Waals surface area contributed by atoms with E-state index in [0.717, 1.165) is 6.42 Å². The van der Waals surface area contributed by atoms with Crippen molar-refractivity contribution in [2.24, 2.45) is 0 Å². The van der Waals surface area contributed by atoms with Gasteiger partial charge in [-0.15, -0.1) is 0 Å². The molecule has 0 unspecified atom stereocenters. The van der Waals surface area contributed by atoms with E-state index in [4.69, 9.17) is 5.26 Å². The Bertz CT molecular complexity index is 1350. The third-order valence-electron chi connectivity index (χ3n) is 8.63. The van der Waals surface area contributed by atoms with Gasteiger partial charge >= 0.3 is 0 Å². The molecule has 0 aliphatic carbocycles. The first-order valence-corrected chi connectivity index (χ1v) is 16.3. The highest BCUT2D eigenvalue weighted by molar-refractivity contribution is 5.86. The van der Waals surface area contributed by atoms with E-state index in [2.05, 4.69) is 136 Å². The molecule has 0 aliphatic rings. The molecule has 0 radical (unpaired) electrons. The fraction of sp³-hybridized carbons (Fsp3) is 0.405. The van der Waals surface area contributed by atoms with Crippen molar-refractivity contribution in [2.75, 3.05) is 4.90 Å². The van der Waals surface area contributed by atoms with Gasteiger partial charge in [0.2, 0.25) is 0 Å². The molecule has 0 saturated heterocycles. The molecule has 238 valence electrons. The van der Waals surface area contributed by atoms with Gasteiger partial charge < -0.3 is 4.90 Å². The molecular weight excluding hydrogens is 532 g/mol. The SMILES string of the molecule is CC.CC.CC#N.CCc1ccccc1.Cc1c(C)c(C)c(N(c2ccccc2)c2c(C)c(C)c(C)c(C)c2C)c(C)c1C. The van der Waals surface area contributed by atoms with Gasteiger partial charge in [0.1, 0.15) is 0 Å². The average Bonchev–Trinajstić information content (AvgIpc) is 3.07. The van der Waals surface area contributed by atoms with Crippen LogP contribution in [0.5, 0.6) is 0 Å². The Balaban J connectivity index is 0.00000103. The first-order chi connectivity index (χ1) is 20.9. The molecular formula is C42H60N2. The van der Waals surface area contributed by atoms with Crippen molar-refractivity contribution in [1.29, 1.82) is 5.26 Å². The standard InChI is InChI=1S/C28H35N.C8H10.C2H3N.2C2H6/c1-16-18(3)22(7)27(23(8)19(16)4)29(26-14-12-11-13-15-26)28-24(9)20(5)17(2)21(6)25(28)10;1-2-8-6-4-3-5-7-8;1-2-3;2*1-2/h11-15H,1-10H3;3-7H,2H2,1H3;1H3;2*1-2H3. The molecule has 0 N–H and O–H groups in total. The highest BCUT2D eigenvalue weighted by atomic mass is 15.2. The van der Waals surface area contributed by atoms with Crippen molar-refractivity contribution < 1.29 is 0 Å². The molecule has 4 aromatic carbocycles. The average molecular weight is 593 g/mol. The van der Waals surface area contributed by atoms with Crippen LogP contribution in [0.25, 0.3) is 0 Å². The number of hydrogen-bond acceptors (Lipinski definition) is 2. The Kier molecular flexibility index (Phi) is 18.4. The second kappa shape index (κ2) is 20.2. The minimum absolute atomic E-state index is 1.14. The highest BCUT2D eigenvalue weighted by Crippen LogP contribution is 2.46. The van der Waals surface area contributed by atoms with Gasteiger partial charge in [-0.25, -0.2) is 0 Å². The Morgan fingerprint density at radius 3 is 0.977 bits per heavy atom. The number of nitriles is 1. The summed E-state index contributed by atoms with van der Waals surface area (Å²) in [6, 6.07) is 23.0. The molecule has 44 heavy (non-hydrogen) atoms. The summed E-state index contributed by atoms with van der Waals surface area (Å²) in [7, 11) is 0. The summed E-state index contributed by atoms with van der Waals surface area (Å²) in [6.07, 6.45) is 1.14. The third-order valence-corrected chi connectivity index (χ3v) is 8.63. The van der Waals surface area contributed by atoms with Crippen molar-refractivity contribution in [1.82, 2.24) is 0 Å². The molecule has 4 aromatic rings. The molecule has 0 aliphatic heterocycles. The number of nitrogens with zero attached hydrogens (tertiary/aromatic N) is 2. The summed E-state index contributed by atoms with van der Waals surface area (Å²) < 4.78 is 0. The molecule has 0 fully saturated rings. The van der Waals surface area contributed by atoms with Crippen LogP contribution < -0.4 is 4.90 Å². The third kappa shape index (κ3) is 9.59. The van der Waals surface area contributed by atoms with Gasteiger partial charge in [0, 0.05) is 12.6 Å². The largest absolute Gasteiger partial charge is 0.309 e. The van der Waals surface area contributed by atoms with E-state index in [1.165, 1.54) is 85.2 Å². The molecule has 0 atom stereocenters. The Hall–Kier alpha value is -3.83. The lowest BCUT2D eigenvalue weighted by molar-refractivity contribution is 1.09. The van der Waals surface area contributed by atoms with Gasteiger partial charge in [0.05, 0.1) is 17.4 Å². The summed E-state index contributed by atoms with van der Waals surface area (Å²) in [5, 5.41) is 7.32. The van der Waals surface area contributed by atoms with E-state index < -0.39 is 0 Å². The molecule has 0 heterocycles. The van der Waals surface area contributed by atoms with Crippen LogP contribution in [0.3, 0.4) is 0 Å². The molecule has 0 saturated carbocycles. The zero-order valence-electron chi connectivity index (χ0n) is 30.9. The van der Waals surface area contributed by atoms with Gasteiger partial charge in [-0.3, -0.25) is 0 Å². The van der Waals surface area contributed by atoms with E-state index in [9.17, 15) is 0 Å². The molecule has 0 bridgehead atoms. The van der Waals surface area contributed by atoms with Crippen LogP contribution in [0.2, 0.25) is 0 Å². The monoisotopic (exact) mass is 592 g/mol. The minimum Gasteiger partial charge on any atom is -0.309 e. The molecule has 2 heteroatoms. The van der Waals surface area contributed by atoms with Crippen LogP contribution >= 0.6 is 0 Å². The molecule has 0 amide bonds. The van der Waals surface area contributed by atoms with E-state index in [0.29, 0.717) is 0 Å². The van der Waals surface area contributed by atoms with Gasteiger partial charge in [0.15, 0.2) is 0 Å². The molecule has 0 spiro atoms. The van der Waals surface area contributed by atoms with Crippen LogP contribution in [0.4, 0.5) is 17.1 Å². The van der Waals surface area contributed by atoms with Gasteiger partial charge in [-0.05, 0) is 149 Å². The zero-order chi connectivity index (χ0) is 34.1. The minimum atomic E-state index is 1.14. The number of para-hydroxylation sites is 1. The van der Waals surface area contributed by atoms with Crippen molar-refractivity contribution in [3.05, 3.63) is 122 Å². The van der Waals surface area contributed by atoms with E-state index >= 15 is 0 Å². The predicted octanol–water partition coefficient (Wildman–Crippen LogP) is 13.1. The summed E-state index contributed by atoms with van der Waals surface area (Å²) >= 11 is 0. The lowest BCUT2D eigenvalue weighted by Gasteiger charge is -2.34. The fourth-order valence-corrected chi connectivity index (χ4v) is 5.29. The van der Waals surface area contributed by atoms with Crippen LogP contribution in [-0.4, -0.2) is 0 Å². The Labute approximate surface area is 271 Å². The second-order valence-electron chi connectivity index (χ2n) is 10.7. The maximum absolute atomic E-state index is 7.32. The van der Waals surface area contributed by atoms with Crippen LogP contribution in [0.15, 0.2) is 60.7 Å². The van der Waals surface area contributed by atoms with Crippen molar-refractivity contribution in [2.45, 2.75) is 117 Å². The fourth-order valence-electron chi connectivity index (χ4n) is 5.29. The van der Waals surface area contributed by atoms with Crippen LogP contribution in [0.1, 0.15) is 103 Å². The Morgan fingerprint density at radius 1 is 0.477 bits per heavy atom. The van der Waals surface area contributed by atoms with Crippen molar-refractivity contribution in [3.8, 4) is 6.07 Å². The maximum Gasteiger partial charge on any atom is 0.0587 e. The normalized spacial score (nSPS) is 9.43. The highest BCUT2D eigenvalue weighted by Gasteiger charge is 2.25. The Morgan fingerprint density at radius 2 is 0.727 bits per heavy atom. The van der Waals surface area contributed by atoms with Gasteiger partial charge in [0.25, 0.3) is 0 Å². The predicted molar refractivity (Wildman–Crippen MR) is 198 cm³/mol. The lowest BCUT2D eigenvalue weighted by Crippen LogP contribution is -2.18. The number of aryl methyl sites for hydroxylation is 1. The van der Waals surface area contributed by atoms with E-state index in [-0.39, 0.29) is 0 Å². The molecule has 0 aromatic heterocycles. The first-order valence-electron chi connectivity index (χ1n) is 16.3. The van der Waals surface area contributed by atoms with Crippen LogP contribution in [0, 0.1) is 80.6 Å². The van der Waals surface area contributed by atoms with Gasteiger partial charge in [-0.2, -0.15) is 5.26 Å². The quantitative estimate of drug-likeness (QED) is 0.236. The summed E-state index contributed by atoms with van der Waals surface area (Å²) in [6.45, 7) is 34.2. The van der Waals surface area contributed by atoms with E-state index in [1.54, 1.807) is 6.07 Å². The number of benzene rings is 4. The first kappa shape index (κ1) is 40.2. The number of rotatable bonds is 4. The second-order valence-corrected chi connectivity index (χ2v) is 10.7. The van der Waals surface area contributed by atoms with E-state index in [1.807, 2.05) is 33.8 Å².